The van der Waals surface area contributed by atoms with Crippen molar-refractivity contribution >= 4 is 0 Å². The average molecular weight is 232 g/mol. The number of hydrogen-bond acceptors (Lipinski definition) is 3. The van der Waals surface area contributed by atoms with Gasteiger partial charge in [0.2, 0.25) is 0 Å². The van der Waals surface area contributed by atoms with E-state index in [9.17, 15) is 10.4 Å². The number of phenolic OH excluding ortho intramolecular Hbond substituents is 1. The fourth-order valence-electron chi connectivity index (χ4n) is 2.15. The van der Waals surface area contributed by atoms with Crippen LogP contribution < -0.4 is 0 Å². The third-order valence-electron chi connectivity index (χ3n) is 3.19. The SMILES string of the molecule is CCN(CC)C(C)(C#N)Cc1ccc(O)cc1. The second kappa shape index (κ2) is 5.70. The summed E-state index contributed by atoms with van der Waals surface area (Å²) < 4.78 is 0. The van der Waals surface area contributed by atoms with Gasteiger partial charge in [-0.05, 0) is 37.7 Å². The molecule has 1 aromatic carbocycles. The summed E-state index contributed by atoms with van der Waals surface area (Å²) >= 11 is 0. The summed E-state index contributed by atoms with van der Waals surface area (Å²) in [5.41, 5.74) is 0.583. The summed E-state index contributed by atoms with van der Waals surface area (Å²) in [7, 11) is 0. The van der Waals surface area contributed by atoms with Gasteiger partial charge in [-0.15, -0.1) is 0 Å². The fourth-order valence-corrected chi connectivity index (χ4v) is 2.15. The van der Waals surface area contributed by atoms with Crippen LogP contribution in [-0.2, 0) is 6.42 Å². The number of nitrogens with zero attached hydrogens (tertiary/aromatic N) is 2. The molecule has 1 unspecified atom stereocenters. The molecule has 0 amide bonds. The minimum Gasteiger partial charge on any atom is -0.508 e. The van der Waals surface area contributed by atoms with E-state index < -0.39 is 5.54 Å². The van der Waals surface area contributed by atoms with Gasteiger partial charge in [0.05, 0.1) is 6.07 Å². The predicted octanol–water partition coefficient (Wildman–Crippen LogP) is 2.56. The average Bonchev–Trinajstić information content (AvgIpc) is 2.33. The normalized spacial score (nSPS) is 14.3. The lowest BCUT2D eigenvalue weighted by Crippen LogP contribution is -2.46. The Kier molecular flexibility index (Phi) is 4.53. The minimum atomic E-state index is -0.486. The Morgan fingerprint density at radius 3 is 2.18 bits per heavy atom. The zero-order valence-electron chi connectivity index (χ0n) is 10.8. The predicted molar refractivity (Wildman–Crippen MR) is 68.7 cm³/mol. The van der Waals surface area contributed by atoms with Crippen LogP contribution in [0.1, 0.15) is 26.3 Å². The molecule has 1 rings (SSSR count). The molecular weight excluding hydrogens is 212 g/mol. The van der Waals surface area contributed by atoms with Crippen molar-refractivity contribution in [2.45, 2.75) is 32.7 Å². The van der Waals surface area contributed by atoms with E-state index in [0.29, 0.717) is 6.42 Å². The Labute approximate surface area is 103 Å². The summed E-state index contributed by atoms with van der Waals surface area (Å²) in [6.07, 6.45) is 0.672. The second-order valence-electron chi connectivity index (χ2n) is 4.40. The fraction of sp³-hybridized carbons (Fsp3) is 0.500. The van der Waals surface area contributed by atoms with Crippen molar-refractivity contribution < 1.29 is 5.11 Å². The maximum Gasteiger partial charge on any atom is 0.115 e. The third-order valence-corrected chi connectivity index (χ3v) is 3.19. The molecule has 0 saturated carbocycles. The Hall–Kier alpha value is -1.53. The quantitative estimate of drug-likeness (QED) is 0.848. The molecule has 0 aromatic heterocycles. The van der Waals surface area contributed by atoms with Crippen LogP contribution in [0.25, 0.3) is 0 Å². The highest BCUT2D eigenvalue weighted by atomic mass is 16.3. The molecule has 0 aliphatic rings. The molecule has 0 aliphatic carbocycles. The van der Waals surface area contributed by atoms with E-state index in [0.717, 1.165) is 18.7 Å². The molecular formula is C14H20N2O. The number of phenols is 1. The third kappa shape index (κ3) is 3.21. The van der Waals surface area contributed by atoms with Crippen LogP contribution in [0.2, 0.25) is 0 Å². The number of nitriles is 1. The van der Waals surface area contributed by atoms with E-state index in [1.54, 1.807) is 12.1 Å². The van der Waals surface area contributed by atoms with Gasteiger partial charge in [0.15, 0.2) is 0 Å². The molecule has 0 radical (unpaired) electrons. The van der Waals surface area contributed by atoms with Gasteiger partial charge in [0, 0.05) is 6.42 Å². The van der Waals surface area contributed by atoms with Gasteiger partial charge in [0.25, 0.3) is 0 Å². The van der Waals surface area contributed by atoms with Crippen LogP contribution >= 0.6 is 0 Å². The standard InChI is InChI=1S/C14H20N2O/c1-4-16(5-2)14(3,11-15)10-12-6-8-13(17)9-7-12/h6-9,17H,4-5,10H2,1-3H3. The van der Waals surface area contributed by atoms with Gasteiger partial charge in [-0.3, -0.25) is 4.90 Å². The van der Waals surface area contributed by atoms with Crippen molar-refractivity contribution in [3.63, 3.8) is 0 Å². The molecule has 0 saturated heterocycles. The van der Waals surface area contributed by atoms with E-state index in [1.807, 2.05) is 19.1 Å². The van der Waals surface area contributed by atoms with E-state index in [4.69, 9.17) is 0 Å². The molecule has 3 heteroatoms. The lowest BCUT2D eigenvalue weighted by Gasteiger charge is -2.34. The van der Waals surface area contributed by atoms with Crippen LogP contribution in [0.3, 0.4) is 0 Å². The number of rotatable bonds is 5. The first-order valence-electron chi connectivity index (χ1n) is 6.00. The van der Waals surface area contributed by atoms with Gasteiger partial charge in [-0.2, -0.15) is 5.26 Å². The van der Waals surface area contributed by atoms with Crippen LogP contribution in [0, 0.1) is 11.3 Å². The first-order valence-corrected chi connectivity index (χ1v) is 6.00. The van der Waals surface area contributed by atoms with Crippen molar-refractivity contribution in [2.75, 3.05) is 13.1 Å². The van der Waals surface area contributed by atoms with Crippen LogP contribution in [0.4, 0.5) is 0 Å². The number of benzene rings is 1. The van der Waals surface area contributed by atoms with Gasteiger partial charge in [-0.1, -0.05) is 26.0 Å². The lowest BCUT2D eigenvalue weighted by atomic mass is 9.92. The van der Waals surface area contributed by atoms with Crippen molar-refractivity contribution in [1.29, 1.82) is 5.26 Å². The monoisotopic (exact) mass is 232 g/mol. The molecule has 3 nitrogen and oxygen atoms in total. The highest BCUT2D eigenvalue weighted by Crippen LogP contribution is 2.21. The van der Waals surface area contributed by atoms with Gasteiger partial charge in [-0.25, -0.2) is 0 Å². The van der Waals surface area contributed by atoms with Gasteiger partial charge >= 0.3 is 0 Å². The highest BCUT2D eigenvalue weighted by molar-refractivity contribution is 5.28. The Balaban J connectivity index is 2.89. The van der Waals surface area contributed by atoms with Crippen molar-refractivity contribution in [3.05, 3.63) is 29.8 Å². The summed E-state index contributed by atoms with van der Waals surface area (Å²) in [5, 5.41) is 18.6. The summed E-state index contributed by atoms with van der Waals surface area (Å²) in [5.74, 6) is 0.259. The molecule has 0 fully saturated rings. The van der Waals surface area contributed by atoms with Crippen LogP contribution in [-0.4, -0.2) is 28.6 Å². The molecule has 92 valence electrons. The number of hydrogen-bond donors (Lipinski definition) is 1. The molecule has 1 aromatic rings. The smallest absolute Gasteiger partial charge is 0.115 e. The number of aromatic hydroxyl groups is 1. The Bertz CT molecular complexity index is 390. The van der Waals surface area contributed by atoms with Gasteiger partial charge in [0.1, 0.15) is 11.3 Å². The molecule has 1 atom stereocenters. The van der Waals surface area contributed by atoms with Crippen molar-refractivity contribution in [3.8, 4) is 11.8 Å². The molecule has 0 heterocycles. The molecule has 0 aliphatic heterocycles. The molecule has 17 heavy (non-hydrogen) atoms. The largest absolute Gasteiger partial charge is 0.508 e. The van der Waals surface area contributed by atoms with E-state index in [-0.39, 0.29) is 5.75 Å². The maximum absolute atomic E-state index is 9.39. The Morgan fingerprint density at radius 1 is 1.24 bits per heavy atom. The van der Waals surface area contributed by atoms with Crippen LogP contribution in [0.5, 0.6) is 5.75 Å². The lowest BCUT2D eigenvalue weighted by molar-refractivity contribution is 0.169. The second-order valence-corrected chi connectivity index (χ2v) is 4.40. The Morgan fingerprint density at radius 2 is 1.76 bits per heavy atom. The van der Waals surface area contributed by atoms with E-state index >= 15 is 0 Å². The first kappa shape index (κ1) is 13.5. The summed E-state index contributed by atoms with van der Waals surface area (Å²) in [6, 6.07) is 9.47. The molecule has 1 N–H and O–H groups in total. The topological polar surface area (TPSA) is 47.3 Å². The molecule has 0 spiro atoms. The van der Waals surface area contributed by atoms with E-state index in [2.05, 4.69) is 24.8 Å². The first-order chi connectivity index (χ1) is 8.05. The minimum absolute atomic E-state index is 0.259. The van der Waals surface area contributed by atoms with Crippen LogP contribution in [0.15, 0.2) is 24.3 Å². The van der Waals surface area contributed by atoms with Crippen molar-refractivity contribution in [1.82, 2.24) is 4.90 Å². The summed E-state index contributed by atoms with van der Waals surface area (Å²) in [4.78, 5) is 2.15. The number of likely N-dealkylation sites (N-methyl/N-ethyl adjacent to an activating group) is 1. The zero-order chi connectivity index (χ0) is 12.9. The maximum atomic E-state index is 9.39. The summed E-state index contributed by atoms with van der Waals surface area (Å²) in [6.45, 7) is 7.82. The zero-order valence-corrected chi connectivity index (χ0v) is 10.8. The highest BCUT2D eigenvalue weighted by Gasteiger charge is 2.29. The van der Waals surface area contributed by atoms with Gasteiger partial charge < -0.3 is 5.11 Å². The van der Waals surface area contributed by atoms with Crippen molar-refractivity contribution in [2.24, 2.45) is 0 Å². The van der Waals surface area contributed by atoms with E-state index in [1.165, 1.54) is 0 Å². The molecule has 0 bridgehead atoms.